The summed E-state index contributed by atoms with van der Waals surface area (Å²) in [6.07, 6.45) is 1.74. The van der Waals surface area contributed by atoms with Gasteiger partial charge in [0.25, 0.3) is 5.31 Å². The number of hydrogen-bond donors (Lipinski definition) is 0. The Hall–Kier alpha value is -5.06. The van der Waals surface area contributed by atoms with Crippen LogP contribution < -0.4 is 10.4 Å². The third-order valence-electron chi connectivity index (χ3n) is 14.0. The van der Waals surface area contributed by atoms with Crippen LogP contribution in [0.1, 0.15) is 89.7 Å². The van der Waals surface area contributed by atoms with E-state index in [1.54, 1.807) is 0 Å². The van der Waals surface area contributed by atoms with E-state index in [0.29, 0.717) is 0 Å². The van der Waals surface area contributed by atoms with Gasteiger partial charge in [-0.15, -0.1) is 0 Å². The van der Waals surface area contributed by atoms with Crippen LogP contribution in [0.25, 0.3) is 0 Å². The highest BCUT2D eigenvalue weighted by molar-refractivity contribution is 9.52. The smallest absolute Gasteiger partial charge is 0.0987 e. The lowest BCUT2D eigenvalue weighted by molar-refractivity contribution is 0.541. The van der Waals surface area contributed by atoms with Gasteiger partial charge in [-0.1, -0.05) is 225 Å². The van der Waals surface area contributed by atoms with Crippen LogP contribution >= 0.6 is 30.6 Å². The predicted octanol–water partition coefficient (Wildman–Crippen LogP) is 11.8. The molecule has 0 aliphatic heterocycles. The van der Waals surface area contributed by atoms with E-state index >= 15 is 0 Å². The molecule has 4 bridgehead atoms. The van der Waals surface area contributed by atoms with Crippen LogP contribution in [0.15, 0.2) is 194 Å². The third-order valence-corrected chi connectivity index (χ3v) is 21.5. The summed E-state index contributed by atoms with van der Waals surface area (Å²) in [4.78, 5) is 0. The lowest BCUT2D eigenvalue weighted by Crippen LogP contribution is -2.53. The Morgan fingerprint density at radius 3 is 0.825 bits per heavy atom. The second kappa shape index (κ2) is 12.5. The molecule has 272 valence electrons. The summed E-state index contributed by atoms with van der Waals surface area (Å²) in [6, 6.07) is 74.1. The minimum absolute atomic E-state index is 0.257. The van der Waals surface area contributed by atoms with Crippen LogP contribution in [-0.4, -0.2) is 5.31 Å². The second-order valence-electron chi connectivity index (χ2n) is 16.4. The number of benzene rings is 8. The topological polar surface area (TPSA) is 0 Å². The summed E-state index contributed by atoms with van der Waals surface area (Å²) in [5.74, 6) is 0.515. The molecule has 0 nitrogen and oxygen atoms in total. The Balaban J connectivity index is 1.04. The van der Waals surface area contributed by atoms with Crippen molar-refractivity contribution in [3.8, 4) is 0 Å². The van der Waals surface area contributed by atoms with Crippen molar-refractivity contribution in [2.45, 2.75) is 35.5 Å². The van der Waals surface area contributed by atoms with Gasteiger partial charge in [-0.25, -0.2) is 0 Å². The average Bonchev–Trinajstić information content (AvgIpc) is 3.27. The standard InChI is InChI=1S/C54H38Br2Si/c55-57(56,49-31-15-1-17-35(49)33-53-43-25-9-3-19-37(43)51(38-20-4-10-26-44(38)53)39-21-5-11-27-45(39)53)50-32-16-2-18-36(50)34-54-46-28-12-6-22-40(46)52(41-23-7-13-29-47(41)54)42-24-8-14-30-48(42)54/h1-32,51-52H,33-34H2. The molecule has 0 saturated carbocycles. The molecule has 14 rings (SSSR count). The highest BCUT2D eigenvalue weighted by atomic mass is 79.9. The van der Waals surface area contributed by atoms with Gasteiger partial charge >= 0.3 is 0 Å². The van der Waals surface area contributed by atoms with Crippen molar-refractivity contribution in [2.75, 3.05) is 0 Å². The molecule has 8 aromatic carbocycles. The van der Waals surface area contributed by atoms with Crippen LogP contribution in [0, 0.1) is 0 Å². The molecule has 0 heterocycles. The monoisotopic (exact) mass is 872 g/mol. The van der Waals surface area contributed by atoms with Gasteiger partial charge in [-0.2, -0.15) is 0 Å². The first-order valence-electron chi connectivity index (χ1n) is 20.1. The van der Waals surface area contributed by atoms with E-state index in [0.717, 1.165) is 12.8 Å². The highest BCUT2D eigenvalue weighted by Crippen LogP contribution is 2.61. The Morgan fingerprint density at radius 1 is 0.316 bits per heavy atom. The molecule has 0 spiro atoms. The normalized spacial score (nSPS) is 21.4. The first kappa shape index (κ1) is 34.0. The lowest BCUT2D eigenvalue weighted by Gasteiger charge is -2.51. The van der Waals surface area contributed by atoms with Crippen LogP contribution in [0.2, 0.25) is 0 Å². The molecule has 0 N–H and O–H groups in total. The summed E-state index contributed by atoms with van der Waals surface area (Å²) in [7, 11) is 0. The minimum atomic E-state index is -2.70. The van der Waals surface area contributed by atoms with Crippen LogP contribution in [0.5, 0.6) is 0 Å². The van der Waals surface area contributed by atoms with Crippen LogP contribution in [-0.2, 0) is 23.7 Å². The van der Waals surface area contributed by atoms with Crippen molar-refractivity contribution in [1.29, 1.82) is 0 Å². The van der Waals surface area contributed by atoms with Crippen molar-refractivity contribution >= 4 is 46.3 Å². The Morgan fingerprint density at radius 2 is 0.544 bits per heavy atom. The van der Waals surface area contributed by atoms with Crippen molar-refractivity contribution in [1.82, 2.24) is 0 Å². The maximum Gasteiger partial charge on any atom is 0.260 e. The average molecular weight is 875 g/mol. The number of halogens is 2. The predicted molar refractivity (Wildman–Crippen MR) is 243 cm³/mol. The zero-order valence-corrected chi connectivity index (χ0v) is 35.5. The van der Waals surface area contributed by atoms with Gasteiger partial charge in [0, 0.05) is 11.8 Å². The van der Waals surface area contributed by atoms with E-state index in [1.807, 2.05) is 0 Å². The molecule has 0 unspecified atom stereocenters. The SMILES string of the molecule is Br[Si](Br)(c1ccccc1CC12c3ccccc3C(c3ccccc31)c1ccccc12)c1ccccc1CC12c3ccccc3C(c3ccccc31)c1ccccc12. The summed E-state index contributed by atoms with van der Waals surface area (Å²) in [5, 5.41) is 0.0423. The van der Waals surface area contributed by atoms with Crippen molar-refractivity contribution < 1.29 is 0 Å². The first-order valence-corrected chi connectivity index (χ1v) is 26.7. The Labute approximate surface area is 351 Å². The van der Waals surface area contributed by atoms with Gasteiger partial charge in [0.05, 0.1) is 10.8 Å². The van der Waals surface area contributed by atoms with Crippen molar-refractivity contribution in [3.63, 3.8) is 0 Å². The van der Waals surface area contributed by atoms with Crippen molar-refractivity contribution in [3.05, 3.63) is 272 Å². The fraction of sp³-hybridized carbons (Fsp3) is 0.111. The molecule has 0 fully saturated rings. The third kappa shape index (κ3) is 4.48. The van der Waals surface area contributed by atoms with Gasteiger partial charge < -0.3 is 0 Å². The van der Waals surface area contributed by atoms with Crippen molar-refractivity contribution in [2.24, 2.45) is 0 Å². The molecule has 0 atom stereocenters. The molecule has 6 aliphatic rings. The van der Waals surface area contributed by atoms with E-state index in [2.05, 4.69) is 225 Å². The van der Waals surface area contributed by atoms with Crippen LogP contribution in [0.4, 0.5) is 0 Å². The molecule has 6 aliphatic carbocycles. The maximum absolute atomic E-state index is 4.57. The number of rotatable bonds is 6. The quantitative estimate of drug-likeness (QED) is 0.115. The van der Waals surface area contributed by atoms with E-state index in [4.69, 9.17) is 0 Å². The second-order valence-corrected chi connectivity index (χ2v) is 29.0. The highest BCUT2D eigenvalue weighted by Gasteiger charge is 2.54. The fourth-order valence-corrected chi connectivity index (χ4v) is 18.6. The van der Waals surface area contributed by atoms with Crippen LogP contribution in [0.3, 0.4) is 0 Å². The zero-order valence-electron chi connectivity index (χ0n) is 31.3. The van der Waals surface area contributed by atoms with Gasteiger partial charge in [0.1, 0.15) is 0 Å². The molecular weight excluding hydrogens is 836 g/mol. The molecule has 0 radical (unpaired) electrons. The Bertz CT molecular complexity index is 2510. The molecule has 57 heavy (non-hydrogen) atoms. The summed E-state index contributed by atoms with van der Waals surface area (Å²) in [6.45, 7) is 0. The molecule has 0 saturated heterocycles. The fourth-order valence-electron chi connectivity index (χ4n) is 11.9. The molecule has 3 heteroatoms. The largest absolute Gasteiger partial charge is 0.260 e. The maximum atomic E-state index is 4.57. The van der Waals surface area contributed by atoms with E-state index in [-0.39, 0.29) is 22.7 Å². The molecule has 8 aromatic rings. The lowest BCUT2D eigenvalue weighted by atomic mass is 9.51. The molecule has 0 amide bonds. The van der Waals surface area contributed by atoms with Gasteiger partial charge in [-0.05, 0) is 101 Å². The van der Waals surface area contributed by atoms with E-state index in [9.17, 15) is 0 Å². The van der Waals surface area contributed by atoms with Gasteiger partial charge in [-0.3, -0.25) is 0 Å². The summed E-state index contributed by atoms with van der Waals surface area (Å²) in [5.41, 5.74) is 19.5. The summed E-state index contributed by atoms with van der Waals surface area (Å²) < 4.78 is 0. The van der Waals surface area contributed by atoms with E-state index < -0.39 is 5.31 Å². The number of hydrogen-bond acceptors (Lipinski definition) is 0. The molecular formula is C54H38Br2Si. The van der Waals surface area contributed by atoms with E-state index in [1.165, 1.54) is 88.3 Å². The zero-order chi connectivity index (χ0) is 37.9. The summed E-state index contributed by atoms with van der Waals surface area (Å²) >= 11 is 9.15. The van der Waals surface area contributed by atoms with Gasteiger partial charge in [0.15, 0.2) is 0 Å². The molecule has 0 aromatic heterocycles. The first-order chi connectivity index (χ1) is 28.0. The minimum Gasteiger partial charge on any atom is -0.0987 e. The van der Waals surface area contributed by atoms with Gasteiger partial charge in [0.2, 0.25) is 0 Å². The Kier molecular flexibility index (Phi) is 7.44.